The van der Waals surface area contributed by atoms with Crippen LogP contribution in [0.25, 0.3) is 11.3 Å². The van der Waals surface area contributed by atoms with Gasteiger partial charge in [0.25, 0.3) is 11.6 Å². The summed E-state index contributed by atoms with van der Waals surface area (Å²) in [7, 11) is 0. The van der Waals surface area contributed by atoms with Crippen LogP contribution in [0.1, 0.15) is 5.76 Å². The van der Waals surface area contributed by atoms with Crippen LogP contribution in [-0.4, -0.2) is 39.6 Å². The molecule has 3 rings (SSSR count). The maximum Gasteiger partial charge on any atom is 0.362 e. The minimum Gasteiger partial charge on any atom is -0.455 e. The van der Waals surface area contributed by atoms with Gasteiger partial charge >= 0.3 is 6.03 Å². The number of hydrogen-bond acceptors (Lipinski definition) is 7. The molecule has 2 aromatic rings. The number of amides is 3. The molecule has 0 spiro atoms. The van der Waals surface area contributed by atoms with E-state index in [1.54, 1.807) is 24.3 Å². The third-order valence-electron chi connectivity index (χ3n) is 3.29. The van der Waals surface area contributed by atoms with Gasteiger partial charge in [-0.25, -0.2) is 15.6 Å². The molecular weight excluding hydrogens is 318 g/mol. The highest BCUT2D eigenvalue weighted by atomic mass is 16.6. The zero-order valence-corrected chi connectivity index (χ0v) is 12.2. The Morgan fingerprint density at radius 2 is 1.92 bits per heavy atom. The average Bonchev–Trinajstić information content (AvgIpc) is 3.14. The van der Waals surface area contributed by atoms with Gasteiger partial charge in [-0.05, 0) is 24.3 Å². The van der Waals surface area contributed by atoms with Crippen LogP contribution in [0.5, 0.6) is 0 Å². The molecule has 2 heterocycles. The first-order valence-corrected chi connectivity index (χ1v) is 6.73. The van der Waals surface area contributed by atoms with Crippen molar-refractivity contribution in [1.82, 2.24) is 10.0 Å². The van der Waals surface area contributed by atoms with Gasteiger partial charge in [-0.3, -0.25) is 14.9 Å². The minimum absolute atomic E-state index is 0.0179. The molecule has 0 unspecified atom stereocenters. The Kier molecular flexibility index (Phi) is 3.80. The maximum atomic E-state index is 11.6. The van der Waals surface area contributed by atoms with Crippen LogP contribution >= 0.6 is 0 Å². The molecule has 0 radical (unpaired) electrons. The van der Waals surface area contributed by atoms with Crippen molar-refractivity contribution in [1.29, 1.82) is 0 Å². The molecule has 0 bridgehead atoms. The molecule has 10 heteroatoms. The molecule has 1 aromatic carbocycles. The third kappa shape index (κ3) is 2.85. The number of rotatable bonds is 4. The lowest BCUT2D eigenvalue weighted by Crippen LogP contribution is -2.37. The van der Waals surface area contributed by atoms with E-state index in [0.29, 0.717) is 22.1 Å². The second kappa shape index (κ2) is 5.93. The van der Waals surface area contributed by atoms with Crippen molar-refractivity contribution < 1.29 is 18.9 Å². The standard InChI is InChI=1S/C14H11N5O5/c15-18-13(20)8-17(14(18)21)16-7-11-5-6-12(24-11)9-1-3-10(4-2-9)19(22)23/h1-7H,8,15H2/b16-7+. The van der Waals surface area contributed by atoms with Gasteiger partial charge in [0.1, 0.15) is 18.1 Å². The summed E-state index contributed by atoms with van der Waals surface area (Å²) in [4.78, 5) is 33.0. The van der Waals surface area contributed by atoms with Crippen LogP contribution in [0.4, 0.5) is 10.5 Å². The Balaban J connectivity index is 1.74. The Hall–Kier alpha value is -3.53. The van der Waals surface area contributed by atoms with E-state index in [1.807, 2.05) is 0 Å². The van der Waals surface area contributed by atoms with Gasteiger partial charge in [0.15, 0.2) is 0 Å². The number of carbonyl (C=O) groups is 2. The second-order valence-electron chi connectivity index (χ2n) is 4.85. The Morgan fingerprint density at radius 1 is 1.21 bits per heavy atom. The van der Waals surface area contributed by atoms with Gasteiger partial charge in [-0.1, -0.05) is 0 Å². The number of nitrogens with zero attached hydrogens (tertiary/aromatic N) is 4. The third-order valence-corrected chi connectivity index (χ3v) is 3.29. The number of hydrogen-bond donors (Lipinski definition) is 1. The fraction of sp³-hybridized carbons (Fsp3) is 0.0714. The van der Waals surface area contributed by atoms with Gasteiger partial charge in [-0.15, -0.1) is 0 Å². The molecule has 122 valence electrons. The molecule has 0 saturated carbocycles. The van der Waals surface area contributed by atoms with Crippen LogP contribution < -0.4 is 5.84 Å². The van der Waals surface area contributed by atoms with Crippen LogP contribution in [0.3, 0.4) is 0 Å². The lowest BCUT2D eigenvalue weighted by Gasteiger charge is -2.06. The highest BCUT2D eigenvalue weighted by molar-refractivity contribution is 6.01. The van der Waals surface area contributed by atoms with Crippen molar-refractivity contribution in [3.8, 4) is 11.3 Å². The lowest BCUT2D eigenvalue weighted by atomic mass is 10.1. The summed E-state index contributed by atoms with van der Waals surface area (Å²) in [6, 6.07) is 8.42. The van der Waals surface area contributed by atoms with Crippen molar-refractivity contribution >= 4 is 23.8 Å². The van der Waals surface area contributed by atoms with Crippen molar-refractivity contribution in [3.05, 3.63) is 52.3 Å². The van der Waals surface area contributed by atoms with Crippen molar-refractivity contribution in [2.24, 2.45) is 10.9 Å². The Bertz CT molecular complexity index is 841. The van der Waals surface area contributed by atoms with Gasteiger partial charge in [-0.2, -0.15) is 10.1 Å². The molecule has 24 heavy (non-hydrogen) atoms. The summed E-state index contributed by atoms with van der Waals surface area (Å²) in [5, 5.41) is 15.9. The van der Waals surface area contributed by atoms with Crippen molar-refractivity contribution in [2.75, 3.05) is 6.54 Å². The zero-order valence-electron chi connectivity index (χ0n) is 12.2. The van der Waals surface area contributed by atoms with E-state index in [0.717, 1.165) is 5.01 Å². The molecule has 1 aromatic heterocycles. The van der Waals surface area contributed by atoms with E-state index >= 15 is 0 Å². The first kappa shape index (κ1) is 15.4. The minimum atomic E-state index is -0.724. The van der Waals surface area contributed by atoms with Crippen LogP contribution in [0, 0.1) is 10.1 Å². The number of urea groups is 1. The summed E-state index contributed by atoms with van der Waals surface area (Å²) >= 11 is 0. The average molecular weight is 329 g/mol. The van der Waals surface area contributed by atoms with Gasteiger partial charge in [0, 0.05) is 17.7 Å². The topological polar surface area (TPSA) is 135 Å². The lowest BCUT2D eigenvalue weighted by molar-refractivity contribution is -0.384. The maximum absolute atomic E-state index is 11.6. The number of benzene rings is 1. The smallest absolute Gasteiger partial charge is 0.362 e. The number of nitrogens with two attached hydrogens (primary N) is 1. The molecule has 1 saturated heterocycles. The van der Waals surface area contributed by atoms with E-state index in [9.17, 15) is 19.7 Å². The molecular formula is C14H11N5O5. The van der Waals surface area contributed by atoms with Crippen LogP contribution in [0.2, 0.25) is 0 Å². The van der Waals surface area contributed by atoms with E-state index in [-0.39, 0.29) is 12.2 Å². The van der Waals surface area contributed by atoms with Crippen molar-refractivity contribution in [2.45, 2.75) is 0 Å². The van der Waals surface area contributed by atoms with E-state index in [4.69, 9.17) is 10.3 Å². The van der Waals surface area contributed by atoms with Crippen LogP contribution in [0.15, 0.2) is 45.9 Å². The van der Waals surface area contributed by atoms with E-state index in [2.05, 4.69) is 5.10 Å². The summed E-state index contributed by atoms with van der Waals surface area (Å²) in [5.41, 5.74) is 0.636. The summed E-state index contributed by atoms with van der Waals surface area (Å²) in [5.74, 6) is 5.52. The van der Waals surface area contributed by atoms with Crippen LogP contribution in [-0.2, 0) is 4.79 Å². The number of hydrazone groups is 1. The fourth-order valence-corrected chi connectivity index (χ4v) is 2.04. The Labute approximate surface area is 134 Å². The summed E-state index contributed by atoms with van der Waals surface area (Å²) < 4.78 is 5.53. The quantitative estimate of drug-likeness (QED) is 0.224. The number of non-ortho nitro benzene ring substituents is 1. The number of hydrazine groups is 1. The summed E-state index contributed by atoms with van der Waals surface area (Å²) in [6.07, 6.45) is 1.28. The van der Waals surface area contributed by atoms with Gasteiger partial charge in [0.05, 0.1) is 11.1 Å². The highest BCUT2D eigenvalue weighted by Crippen LogP contribution is 2.24. The first-order valence-electron chi connectivity index (χ1n) is 6.73. The number of nitro benzene ring substituents is 1. The van der Waals surface area contributed by atoms with E-state index < -0.39 is 16.9 Å². The fourth-order valence-electron chi connectivity index (χ4n) is 2.04. The normalized spacial score (nSPS) is 14.9. The molecule has 1 aliphatic rings. The number of carbonyl (C=O) groups excluding carboxylic acids is 2. The SMILES string of the molecule is NN1C(=O)CN(/N=C/c2ccc(-c3ccc([N+](=O)[O-])cc3)o2)C1=O. The summed E-state index contributed by atoms with van der Waals surface area (Å²) in [6.45, 7) is -0.234. The van der Waals surface area contributed by atoms with E-state index in [1.165, 1.54) is 18.3 Å². The molecule has 1 aliphatic heterocycles. The second-order valence-corrected chi connectivity index (χ2v) is 4.85. The largest absolute Gasteiger partial charge is 0.455 e. The Morgan fingerprint density at radius 3 is 2.50 bits per heavy atom. The first-order chi connectivity index (χ1) is 11.5. The van der Waals surface area contributed by atoms with Crippen molar-refractivity contribution in [3.63, 3.8) is 0 Å². The molecule has 2 N–H and O–H groups in total. The zero-order chi connectivity index (χ0) is 17.3. The molecule has 0 atom stereocenters. The van der Waals surface area contributed by atoms with Gasteiger partial charge in [0.2, 0.25) is 0 Å². The number of nitro groups is 1. The number of furan rings is 1. The monoisotopic (exact) mass is 329 g/mol. The number of imide groups is 1. The molecule has 0 aliphatic carbocycles. The predicted octanol–water partition coefficient (Wildman–Crippen LogP) is 1.33. The highest BCUT2D eigenvalue weighted by Gasteiger charge is 2.33. The molecule has 10 nitrogen and oxygen atoms in total. The molecule has 1 fully saturated rings. The predicted molar refractivity (Wildman–Crippen MR) is 81.5 cm³/mol. The van der Waals surface area contributed by atoms with Gasteiger partial charge < -0.3 is 4.42 Å². The molecule has 3 amide bonds.